The van der Waals surface area contributed by atoms with Crippen LogP contribution in [0.1, 0.15) is 64.3 Å². The van der Waals surface area contributed by atoms with Crippen LogP contribution in [0.2, 0.25) is 0 Å². The van der Waals surface area contributed by atoms with Gasteiger partial charge in [-0.1, -0.05) is 49.4 Å². The van der Waals surface area contributed by atoms with E-state index in [9.17, 15) is 19.5 Å². The number of nitrogens with zero attached hydrogens (tertiary/aromatic N) is 1. The summed E-state index contributed by atoms with van der Waals surface area (Å²) < 4.78 is 5.43. The fraction of sp³-hybridized carbons (Fsp3) is 0.433. The van der Waals surface area contributed by atoms with E-state index in [1.54, 1.807) is 39.0 Å². The molecule has 2 unspecified atom stereocenters. The van der Waals surface area contributed by atoms with E-state index in [1.807, 2.05) is 45.0 Å². The second-order valence-electron chi connectivity index (χ2n) is 10.5. The number of aryl methyl sites for hydroxylation is 1. The number of benzene rings is 2. The number of carbonyl (C=O) groups excluding carboxylic acids is 3. The maximum atomic E-state index is 14.1. The zero-order valence-electron chi connectivity index (χ0n) is 23.3. The number of hydrogen-bond acceptors (Lipinski definition) is 5. The van der Waals surface area contributed by atoms with E-state index < -0.39 is 29.7 Å². The van der Waals surface area contributed by atoms with Crippen LogP contribution >= 0.6 is 0 Å². The molecule has 206 valence electrons. The molecule has 0 aliphatic heterocycles. The van der Waals surface area contributed by atoms with Crippen molar-refractivity contribution in [3.05, 3.63) is 77.9 Å². The molecule has 0 spiro atoms. The van der Waals surface area contributed by atoms with Crippen LogP contribution in [0.15, 0.2) is 61.2 Å². The molecular formula is C30H41N3O5. The Morgan fingerprint density at radius 3 is 2.08 bits per heavy atom. The van der Waals surface area contributed by atoms with Crippen molar-refractivity contribution in [3.63, 3.8) is 0 Å². The van der Waals surface area contributed by atoms with Crippen molar-refractivity contribution in [3.8, 4) is 5.75 Å². The van der Waals surface area contributed by atoms with E-state index in [2.05, 4.69) is 17.2 Å². The molecule has 3 amide bonds. The summed E-state index contributed by atoms with van der Waals surface area (Å²) in [5.74, 6) is -0.710. The molecule has 2 atom stereocenters. The maximum Gasteiger partial charge on any atom is 0.408 e. The molecule has 0 saturated carbocycles. The molecular weight excluding hydrogens is 482 g/mol. The summed E-state index contributed by atoms with van der Waals surface area (Å²) in [6, 6.07) is 11.8. The number of carbonyl (C=O) groups is 3. The second-order valence-corrected chi connectivity index (χ2v) is 10.5. The first kappa shape index (κ1) is 30.4. The van der Waals surface area contributed by atoms with Crippen molar-refractivity contribution in [1.82, 2.24) is 15.5 Å². The zero-order valence-corrected chi connectivity index (χ0v) is 23.3. The lowest BCUT2D eigenvalue weighted by atomic mass is 9.98. The highest BCUT2D eigenvalue weighted by molar-refractivity contribution is 5.92. The molecule has 0 radical (unpaired) electrons. The predicted octanol–water partition coefficient (Wildman–Crippen LogP) is 4.67. The Morgan fingerprint density at radius 2 is 1.58 bits per heavy atom. The summed E-state index contributed by atoms with van der Waals surface area (Å²) in [7, 11) is 0. The van der Waals surface area contributed by atoms with E-state index >= 15 is 0 Å². The van der Waals surface area contributed by atoms with Crippen LogP contribution < -0.4 is 10.6 Å². The Labute approximate surface area is 226 Å². The van der Waals surface area contributed by atoms with Gasteiger partial charge in [0.25, 0.3) is 0 Å². The number of aromatic hydroxyl groups is 1. The summed E-state index contributed by atoms with van der Waals surface area (Å²) in [6.45, 7) is 14.8. The van der Waals surface area contributed by atoms with Gasteiger partial charge in [-0.25, -0.2) is 4.79 Å². The molecule has 0 fully saturated rings. The molecule has 3 N–H and O–H groups in total. The Bertz CT molecular complexity index is 1090. The second kappa shape index (κ2) is 13.7. The lowest BCUT2D eigenvalue weighted by Gasteiger charge is -2.34. The fourth-order valence-corrected chi connectivity index (χ4v) is 3.95. The zero-order chi connectivity index (χ0) is 28.5. The van der Waals surface area contributed by atoms with Crippen molar-refractivity contribution in [2.75, 3.05) is 6.54 Å². The van der Waals surface area contributed by atoms with Crippen LogP contribution in [0.5, 0.6) is 5.75 Å². The highest BCUT2D eigenvalue weighted by atomic mass is 16.6. The van der Waals surface area contributed by atoms with Crippen molar-refractivity contribution < 1.29 is 24.2 Å². The topological polar surface area (TPSA) is 108 Å². The number of ether oxygens (including phenoxy) is 1. The first-order chi connectivity index (χ1) is 17.8. The molecule has 2 aromatic rings. The molecule has 0 heterocycles. The monoisotopic (exact) mass is 523 g/mol. The molecule has 38 heavy (non-hydrogen) atoms. The van der Waals surface area contributed by atoms with Crippen molar-refractivity contribution in [1.29, 1.82) is 0 Å². The first-order valence-electron chi connectivity index (χ1n) is 12.9. The van der Waals surface area contributed by atoms with E-state index in [0.29, 0.717) is 11.1 Å². The average Bonchev–Trinajstić information content (AvgIpc) is 2.83. The van der Waals surface area contributed by atoms with E-state index in [1.165, 1.54) is 17.0 Å². The maximum absolute atomic E-state index is 14.1. The Morgan fingerprint density at radius 1 is 1.00 bits per heavy atom. The quantitative estimate of drug-likeness (QED) is 0.371. The van der Waals surface area contributed by atoms with Gasteiger partial charge < -0.3 is 25.4 Å². The van der Waals surface area contributed by atoms with Crippen LogP contribution in [-0.2, 0) is 27.2 Å². The smallest absolute Gasteiger partial charge is 0.408 e. The normalized spacial score (nSPS) is 12.8. The molecule has 2 aromatic carbocycles. The molecule has 0 aliphatic rings. The van der Waals surface area contributed by atoms with Gasteiger partial charge in [-0.15, -0.1) is 6.58 Å². The third-order valence-electron chi connectivity index (χ3n) is 5.67. The molecule has 8 nitrogen and oxygen atoms in total. The van der Waals surface area contributed by atoms with Gasteiger partial charge in [0.2, 0.25) is 11.8 Å². The average molecular weight is 524 g/mol. The SMILES string of the molecule is C=CCN(C(=O)C(Cc1ccc(O)cc1)NC(=O)OC(C)(C)C)C(C(=O)NC(C)C)c1ccc(CC)cc1. The fourth-order valence-electron chi connectivity index (χ4n) is 3.95. The van der Waals surface area contributed by atoms with Gasteiger partial charge in [0.05, 0.1) is 0 Å². The molecule has 0 aliphatic carbocycles. The third-order valence-corrected chi connectivity index (χ3v) is 5.67. The van der Waals surface area contributed by atoms with Crippen LogP contribution in [0.3, 0.4) is 0 Å². The summed E-state index contributed by atoms with van der Waals surface area (Å²) >= 11 is 0. The number of hydrogen-bond donors (Lipinski definition) is 3. The van der Waals surface area contributed by atoms with Crippen molar-refractivity contribution >= 4 is 17.9 Å². The summed E-state index contributed by atoms with van der Waals surface area (Å²) in [5, 5.41) is 15.3. The lowest BCUT2D eigenvalue weighted by molar-refractivity contribution is -0.142. The van der Waals surface area contributed by atoms with Gasteiger partial charge in [-0.3, -0.25) is 9.59 Å². The van der Waals surface area contributed by atoms with E-state index in [-0.39, 0.29) is 30.7 Å². The van der Waals surface area contributed by atoms with Crippen LogP contribution in [0.4, 0.5) is 4.79 Å². The minimum atomic E-state index is -1.04. The molecule has 2 rings (SSSR count). The van der Waals surface area contributed by atoms with Gasteiger partial charge in [0.1, 0.15) is 23.4 Å². The summed E-state index contributed by atoms with van der Waals surface area (Å²) in [5.41, 5.74) is 1.70. The van der Waals surface area contributed by atoms with Crippen molar-refractivity contribution in [2.45, 2.75) is 78.1 Å². The number of rotatable bonds is 11. The molecule has 8 heteroatoms. The van der Waals surface area contributed by atoms with Gasteiger partial charge in [-0.05, 0) is 69.9 Å². The van der Waals surface area contributed by atoms with Gasteiger partial charge in [0, 0.05) is 19.0 Å². The highest BCUT2D eigenvalue weighted by Gasteiger charge is 2.36. The largest absolute Gasteiger partial charge is 0.508 e. The first-order valence-corrected chi connectivity index (χ1v) is 12.9. The van der Waals surface area contributed by atoms with Gasteiger partial charge in [0.15, 0.2) is 0 Å². The number of alkyl carbamates (subject to hydrolysis) is 1. The predicted molar refractivity (Wildman–Crippen MR) is 149 cm³/mol. The number of phenols is 1. The Hall–Kier alpha value is -3.81. The Kier molecular flexibility index (Phi) is 10.9. The molecule has 0 bridgehead atoms. The van der Waals surface area contributed by atoms with Crippen LogP contribution in [0.25, 0.3) is 0 Å². The lowest BCUT2D eigenvalue weighted by Crippen LogP contribution is -2.54. The van der Waals surface area contributed by atoms with Crippen LogP contribution in [0, 0.1) is 0 Å². The Balaban J connectivity index is 2.52. The van der Waals surface area contributed by atoms with E-state index in [0.717, 1.165) is 12.0 Å². The third kappa shape index (κ3) is 9.25. The van der Waals surface area contributed by atoms with Crippen LogP contribution in [-0.4, -0.2) is 52.1 Å². The summed E-state index contributed by atoms with van der Waals surface area (Å²) in [4.78, 5) is 41.8. The number of phenolic OH excluding ortho intramolecular Hbond substituents is 1. The van der Waals surface area contributed by atoms with Gasteiger partial charge >= 0.3 is 6.09 Å². The minimum Gasteiger partial charge on any atom is -0.508 e. The molecule has 0 aromatic heterocycles. The standard InChI is InChI=1S/C30H41N3O5/c1-8-18-33(26(27(35)31-20(3)4)23-14-10-21(9-2)11-15-23)28(36)25(32-29(37)38-30(5,6)7)19-22-12-16-24(34)17-13-22/h8,10-17,20,25-26,34H,1,9,18-19H2,2-7H3,(H,31,35)(H,32,37). The van der Waals surface area contributed by atoms with Crippen molar-refractivity contribution in [2.24, 2.45) is 0 Å². The minimum absolute atomic E-state index is 0.0760. The number of amides is 3. The highest BCUT2D eigenvalue weighted by Crippen LogP contribution is 2.25. The van der Waals surface area contributed by atoms with Gasteiger partial charge in [-0.2, -0.15) is 0 Å². The summed E-state index contributed by atoms with van der Waals surface area (Å²) in [6.07, 6.45) is 1.77. The molecule has 0 saturated heterocycles. The number of nitrogens with one attached hydrogen (secondary N) is 2. The van der Waals surface area contributed by atoms with E-state index in [4.69, 9.17) is 4.74 Å².